The molecule has 1 aromatic heterocycles. The Morgan fingerprint density at radius 3 is 2.71 bits per heavy atom. The molecule has 0 saturated carbocycles. The third-order valence-corrected chi connectivity index (χ3v) is 3.65. The predicted molar refractivity (Wildman–Crippen MR) is 82.8 cm³/mol. The number of halogens is 1. The smallest absolute Gasteiger partial charge is 0.333 e. The molecule has 0 amide bonds. The molecular weight excluding hydrogens is 292 g/mol. The van der Waals surface area contributed by atoms with Crippen LogP contribution in [0.5, 0.6) is 0 Å². The van der Waals surface area contributed by atoms with E-state index in [1.165, 1.54) is 0 Å². The van der Waals surface area contributed by atoms with Crippen molar-refractivity contribution >= 4 is 23.1 Å². The Morgan fingerprint density at radius 2 is 2.14 bits per heavy atom. The summed E-state index contributed by atoms with van der Waals surface area (Å²) in [5.74, 6) is 0.410. The highest BCUT2D eigenvalue weighted by Gasteiger charge is 2.26. The number of rotatable bonds is 5. The number of hydrogen-bond acceptors (Lipinski definition) is 4. The number of hydrogen-bond donors (Lipinski definition) is 1. The average molecular weight is 309 g/mol. The molecule has 1 N–H and O–H groups in total. The first-order chi connectivity index (χ1) is 9.95. The first-order valence-electron chi connectivity index (χ1n) is 6.68. The maximum atomic E-state index is 11.2. The van der Waals surface area contributed by atoms with E-state index in [-0.39, 0.29) is 11.7 Å². The van der Waals surface area contributed by atoms with Crippen molar-refractivity contribution in [1.29, 1.82) is 0 Å². The van der Waals surface area contributed by atoms with Crippen molar-refractivity contribution in [2.45, 2.75) is 33.4 Å². The van der Waals surface area contributed by atoms with Crippen molar-refractivity contribution in [3.05, 3.63) is 50.7 Å². The van der Waals surface area contributed by atoms with E-state index in [0.29, 0.717) is 23.1 Å². The second-order valence-corrected chi connectivity index (χ2v) is 5.15. The number of nitrogens with zero attached hydrogens (tertiary/aromatic N) is 3. The van der Waals surface area contributed by atoms with Gasteiger partial charge in [-0.15, -0.1) is 0 Å². The molecule has 2 rings (SSSR count). The van der Waals surface area contributed by atoms with Gasteiger partial charge in [-0.05, 0) is 32.4 Å². The van der Waals surface area contributed by atoms with Crippen LogP contribution in [0.25, 0.3) is 0 Å². The maximum Gasteiger partial charge on any atom is 0.333 e. The standard InChI is InChI=1S/C14H17ClN4O2/c1-4-18-14(13(19(20)21)10(3)17-18)16-9(2)11-7-5-6-8-12(11)15/h5-9,16H,4H2,1-3H3. The fourth-order valence-corrected chi connectivity index (χ4v) is 2.57. The van der Waals surface area contributed by atoms with E-state index in [1.54, 1.807) is 17.7 Å². The number of nitro groups is 1. The van der Waals surface area contributed by atoms with Gasteiger partial charge in [0.2, 0.25) is 5.82 Å². The lowest BCUT2D eigenvalue weighted by Crippen LogP contribution is -2.12. The van der Waals surface area contributed by atoms with Crippen LogP contribution < -0.4 is 5.32 Å². The fraction of sp³-hybridized carbons (Fsp3) is 0.357. The molecule has 0 bridgehead atoms. The third kappa shape index (κ3) is 3.00. The van der Waals surface area contributed by atoms with Crippen LogP contribution in [0.2, 0.25) is 5.02 Å². The minimum absolute atomic E-state index is 0.00996. The van der Waals surface area contributed by atoms with Crippen molar-refractivity contribution in [3.63, 3.8) is 0 Å². The second kappa shape index (κ2) is 6.13. The van der Waals surface area contributed by atoms with E-state index in [1.807, 2.05) is 32.0 Å². The molecule has 0 saturated heterocycles. The number of aromatic nitrogens is 2. The van der Waals surface area contributed by atoms with Crippen LogP contribution in [0.3, 0.4) is 0 Å². The first-order valence-corrected chi connectivity index (χ1v) is 7.06. The van der Waals surface area contributed by atoms with Gasteiger partial charge >= 0.3 is 5.69 Å². The van der Waals surface area contributed by atoms with Crippen LogP contribution in [0.1, 0.15) is 31.1 Å². The molecule has 0 fully saturated rings. The highest BCUT2D eigenvalue weighted by Crippen LogP contribution is 2.32. The molecule has 1 aromatic carbocycles. The number of nitrogens with one attached hydrogen (secondary N) is 1. The van der Waals surface area contributed by atoms with Crippen LogP contribution in [0.4, 0.5) is 11.5 Å². The molecule has 1 heterocycles. The Bertz CT molecular complexity index is 669. The van der Waals surface area contributed by atoms with E-state index in [9.17, 15) is 10.1 Å². The van der Waals surface area contributed by atoms with Crippen LogP contribution in [0, 0.1) is 17.0 Å². The molecule has 0 aliphatic heterocycles. The molecule has 0 radical (unpaired) electrons. The SMILES string of the molecule is CCn1nc(C)c([N+](=O)[O-])c1NC(C)c1ccccc1Cl. The summed E-state index contributed by atoms with van der Waals surface area (Å²) in [4.78, 5) is 10.8. The summed E-state index contributed by atoms with van der Waals surface area (Å²) in [5, 5.41) is 19.2. The summed E-state index contributed by atoms with van der Waals surface area (Å²) in [5.41, 5.74) is 1.29. The molecule has 2 aromatic rings. The number of anilines is 1. The van der Waals surface area contributed by atoms with E-state index in [2.05, 4.69) is 10.4 Å². The van der Waals surface area contributed by atoms with Crippen molar-refractivity contribution in [2.24, 2.45) is 0 Å². The Kier molecular flexibility index (Phi) is 4.47. The highest BCUT2D eigenvalue weighted by atomic mass is 35.5. The monoisotopic (exact) mass is 308 g/mol. The lowest BCUT2D eigenvalue weighted by molar-refractivity contribution is -0.384. The average Bonchev–Trinajstić information content (AvgIpc) is 2.75. The predicted octanol–water partition coefficient (Wildman–Crippen LogP) is 3.95. The molecule has 1 atom stereocenters. The maximum absolute atomic E-state index is 11.2. The summed E-state index contributed by atoms with van der Waals surface area (Å²) in [6.07, 6.45) is 0. The van der Waals surface area contributed by atoms with E-state index >= 15 is 0 Å². The topological polar surface area (TPSA) is 73.0 Å². The van der Waals surface area contributed by atoms with Crippen molar-refractivity contribution in [3.8, 4) is 0 Å². The zero-order chi connectivity index (χ0) is 15.6. The van der Waals surface area contributed by atoms with E-state index < -0.39 is 4.92 Å². The van der Waals surface area contributed by atoms with Gasteiger partial charge in [-0.25, -0.2) is 4.68 Å². The van der Waals surface area contributed by atoms with Gasteiger partial charge < -0.3 is 5.32 Å². The molecule has 112 valence electrons. The van der Waals surface area contributed by atoms with E-state index in [0.717, 1.165) is 5.56 Å². The highest BCUT2D eigenvalue weighted by molar-refractivity contribution is 6.31. The summed E-state index contributed by atoms with van der Waals surface area (Å²) in [6.45, 7) is 5.98. The van der Waals surface area contributed by atoms with Crippen molar-refractivity contribution in [1.82, 2.24) is 9.78 Å². The lowest BCUT2D eigenvalue weighted by atomic mass is 10.1. The largest absolute Gasteiger partial charge is 0.358 e. The third-order valence-electron chi connectivity index (χ3n) is 3.30. The van der Waals surface area contributed by atoms with Gasteiger partial charge in [0.15, 0.2) is 0 Å². The molecule has 6 nitrogen and oxygen atoms in total. The Balaban J connectivity index is 2.39. The Morgan fingerprint density at radius 1 is 1.48 bits per heavy atom. The Labute approximate surface area is 127 Å². The second-order valence-electron chi connectivity index (χ2n) is 4.74. The first kappa shape index (κ1) is 15.3. The lowest BCUT2D eigenvalue weighted by Gasteiger charge is -2.17. The quantitative estimate of drug-likeness (QED) is 0.670. The molecule has 0 aliphatic rings. The molecule has 1 unspecified atom stereocenters. The van der Waals surface area contributed by atoms with Gasteiger partial charge in [0.25, 0.3) is 0 Å². The van der Waals surface area contributed by atoms with Crippen LogP contribution >= 0.6 is 11.6 Å². The van der Waals surface area contributed by atoms with E-state index in [4.69, 9.17) is 11.6 Å². The van der Waals surface area contributed by atoms with Crippen molar-refractivity contribution < 1.29 is 4.92 Å². The normalized spacial score (nSPS) is 12.2. The van der Waals surface area contributed by atoms with Gasteiger partial charge in [-0.3, -0.25) is 10.1 Å². The van der Waals surface area contributed by atoms with Gasteiger partial charge in [0, 0.05) is 11.6 Å². The van der Waals surface area contributed by atoms with Gasteiger partial charge in [0.1, 0.15) is 5.69 Å². The summed E-state index contributed by atoms with van der Waals surface area (Å²) < 4.78 is 1.60. The van der Waals surface area contributed by atoms with Gasteiger partial charge in [0.05, 0.1) is 11.0 Å². The van der Waals surface area contributed by atoms with Crippen LogP contribution in [0.15, 0.2) is 24.3 Å². The molecular formula is C14H17ClN4O2. The molecule has 0 aliphatic carbocycles. The van der Waals surface area contributed by atoms with Crippen LogP contribution in [-0.4, -0.2) is 14.7 Å². The zero-order valence-corrected chi connectivity index (χ0v) is 12.9. The van der Waals surface area contributed by atoms with Crippen LogP contribution in [-0.2, 0) is 6.54 Å². The summed E-state index contributed by atoms with van der Waals surface area (Å²) in [6, 6.07) is 7.26. The Hall–Kier alpha value is -2.08. The summed E-state index contributed by atoms with van der Waals surface area (Å²) >= 11 is 6.17. The fourth-order valence-electron chi connectivity index (χ4n) is 2.27. The molecule has 21 heavy (non-hydrogen) atoms. The molecule has 0 spiro atoms. The number of benzene rings is 1. The van der Waals surface area contributed by atoms with Crippen molar-refractivity contribution in [2.75, 3.05) is 5.32 Å². The minimum Gasteiger partial charge on any atom is -0.358 e. The number of aryl methyl sites for hydroxylation is 2. The summed E-state index contributed by atoms with van der Waals surface area (Å²) in [7, 11) is 0. The van der Waals surface area contributed by atoms with Gasteiger partial charge in [-0.1, -0.05) is 29.8 Å². The minimum atomic E-state index is -0.407. The zero-order valence-electron chi connectivity index (χ0n) is 12.1. The molecule has 7 heteroatoms. The van der Waals surface area contributed by atoms with Gasteiger partial charge in [-0.2, -0.15) is 5.10 Å².